The zero-order valence-corrected chi connectivity index (χ0v) is 8.95. The Morgan fingerprint density at radius 3 is 2.88 bits per heavy atom. The number of tetrazole rings is 1. The molecular weight excluding hydrogens is 224 g/mol. The van der Waals surface area contributed by atoms with E-state index in [-0.39, 0.29) is 23.5 Å². The van der Waals surface area contributed by atoms with Gasteiger partial charge in [0.05, 0.1) is 18.4 Å². The van der Waals surface area contributed by atoms with Crippen molar-refractivity contribution >= 4 is 11.7 Å². The van der Waals surface area contributed by atoms with Crippen molar-refractivity contribution in [3.05, 3.63) is 23.9 Å². The molecule has 0 radical (unpaired) electrons. The molecule has 2 aromatic heterocycles. The molecule has 9 heteroatoms. The van der Waals surface area contributed by atoms with Gasteiger partial charge in [-0.05, 0) is 6.92 Å². The summed E-state index contributed by atoms with van der Waals surface area (Å²) in [6.07, 6.45) is 2.61. The van der Waals surface area contributed by atoms with Gasteiger partial charge >= 0.3 is 0 Å². The topological polar surface area (TPSA) is 135 Å². The van der Waals surface area contributed by atoms with Crippen molar-refractivity contribution in [2.45, 2.75) is 13.0 Å². The molecule has 9 nitrogen and oxygen atoms in total. The highest BCUT2D eigenvalue weighted by atomic mass is 16.2. The number of carbonyl (C=O) groups excluding carboxylic acids is 1. The lowest BCUT2D eigenvalue weighted by molar-refractivity contribution is 0.0933. The molecule has 0 bridgehead atoms. The van der Waals surface area contributed by atoms with Gasteiger partial charge in [-0.25, -0.2) is 9.97 Å². The number of nitrogens with two attached hydrogens (primary N) is 1. The molecule has 88 valence electrons. The molecule has 0 spiro atoms. The third-order valence-electron chi connectivity index (χ3n) is 2.00. The first-order valence-electron chi connectivity index (χ1n) is 4.78. The smallest absolute Gasteiger partial charge is 0.272 e. The van der Waals surface area contributed by atoms with Crippen LogP contribution in [0.3, 0.4) is 0 Å². The van der Waals surface area contributed by atoms with Crippen LogP contribution in [0.15, 0.2) is 12.4 Å². The van der Waals surface area contributed by atoms with E-state index >= 15 is 0 Å². The first kappa shape index (κ1) is 10.9. The molecule has 2 aromatic rings. The Balaban J connectivity index is 2.04. The number of H-pyrrole nitrogens is 1. The largest absolute Gasteiger partial charge is 0.382 e. The van der Waals surface area contributed by atoms with Crippen LogP contribution in [0.4, 0.5) is 5.82 Å². The minimum Gasteiger partial charge on any atom is -0.382 e. The Labute approximate surface area is 95.8 Å². The van der Waals surface area contributed by atoms with Gasteiger partial charge in [0.1, 0.15) is 11.5 Å². The Hall–Kier alpha value is -2.58. The first-order valence-corrected chi connectivity index (χ1v) is 4.78. The number of nitrogens with zero attached hydrogens (tertiary/aromatic N) is 5. The maximum absolute atomic E-state index is 11.7. The van der Waals surface area contributed by atoms with Gasteiger partial charge in [0.25, 0.3) is 5.91 Å². The Kier molecular flexibility index (Phi) is 2.90. The van der Waals surface area contributed by atoms with Crippen LogP contribution >= 0.6 is 0 Å². The van der Waals surface area contributed by atoms with Crippen molar-refractivity contribution in [1.29, 1.82) is 0 Å². The second-order valence-corrected chi connectivity index (χ2v) is 3.29. The van der Waals surface area contributed by atoms with E-state index in [9.17, 15) is 4.79 Å². The molecule has 2 rings (SSSR count). The van der Waals surface area contributed by atoms with Gasteiger partial charge in [-0.1, -0.05) is 5.21 Å². The standard InChI is InChI=1S/C8H10N8O/c1-4(7-13-15-16-14-7)12-8(17)5-2-11-6(9)3-10-5/h2-4H,1H3,(H2,9,11)(H,12,17)(H,13,14,15,16). The Bertz CT molecular complexity index is 493. The number of aromatic amines is 1. The molecule has 0 aromatic carbocycles. The average molecular weight is 234 g/mol. The van der Waals surface area contributed by atoms with Crippen molar-refractivity contribution in [2.75, 3.05) is 5.73 Å². The molecule has 2 heterocycles. The summed E-state index contributed by atoms with van der Waals surface area (Å²) >= 11 is 0. The molecule has 1 amide bonds. The number of carbonyl (C=O) groups is 1. The van der Waals surface area contributed by atoms with E-state index in [4.69, 9.17) is 5.73 Å². The fourth-order valence-electron chi connectivity index (χ4n) is 1.14. The molecule has 0 aliphatic rings. The highest BCUT2D eigenvalue weighted by Crippen LogP contribution is 2.05. The number of hydrogen-bond donors (Lipinski definition) is 3. The number of nitrogen functional groups attached to an aromatic ring is 1. The minimum atomic E-state index is -0.380. The summed E-state index contributed by atoms with van der Waals surface area (Å²) in [4.78, 5) is 19.3. The molecule has 0 fully saturated rings. The molecule has 0 saturated carbocycles. The van der Waals surface area contributed by atoms with Gasteiger partial charge in [-0.3, -0.25) is 4.79 Å². The molecule has 0 saturated heterocycles. The van der Waals surface area contributed by atoms with Crippen LogP contribution in [0.5, 0.6) is 0 Å². The number of rotatable bonds is 3. The molecule has 0 aliphatic heterocycles. The van der Waals surface area contributed by atoms with Gasteiger partial charge in [-0.15, -0.1) is 10.2 Å². The van der Waals surface area contributed by atoms with Crippen LogP contribution in [0, 0.1) is 0 Å². The van der Waals surface area contributed by atoms with Crippen LogP contribution in [-0.2, 0) is 0 Å². The lowest BCUT2D eigenvalue weighted by Gasteiger charge is -2.08. The molecule has 17 heavy (non-hydrogen) atoms. The first-order chi connectivity index (χ1) is 8.16. The van der Waals surface area contributed by atoms with Crippen LogP contribution < -0.4 is 11.1 Å². The predicted molar refractivity (Wildman–Crippen MR) is 56.5 cm³/mol. The van der Waals surface area contributed by atoms with Gasteiger partial charge in [0.15, 0.2) is 5.82 Å². The highest BCUT2D eigenvalue weighted by Gasteiger charge is 2.15. The van der Waals surface area contributed by atoms with Crippen molar-refractivity contribution in [1.82, 2.24) is 35.9 Å². The zero-order valence-electron chi connectivity index (χ0n) is 8.95. The predicted octanol–water partition coefficient (Wildman–Crippen LogP) is -0.937. The summed E-state index contributed by atoms with van der Waals surface area (Å²) in [7, 11) is 0. The summed E-state index contributed by atoms with van der Waals surface area (Å²) in [5, 5.41) is 15.9. The van der Waals surface area contributed by atoms with E-state index < -0.39 is 0 Å². The highest BCUT2D eigenvalue weighted by molar-refractivity contribution is 5.92. The maximum Gasteiger partial charge on any atom is 0.272 e. The van der Waals surface area contributed by atoms with Crippen LogP contribution in [0.25, 0.3) is 0 Å². The lowest BCUT2D eigenvalue weighted by atomic mass is 10.3. The zero-order chi connectivity index (χ0) is 12.3. The van der Waals surface area contributed by atoms with Crippen LogP contribution in [0.1, 0.15) is 29.3 Å². The number of amides is 1. The van der Waals surface area contributed by atoms with E-state index in [1.807, 2.05) is 0 Å². The summed E-state index contributed by atoms with van der Waals surface area (Å²) < 4.78 is 0. The fraction of sp³-hybridized carbons (Fsp3) is 0.250. The van der Waals surface area contributed by atoms with Crippen molar-refractivity contribution in [3.63, 3.8) is 0 Å². The van der Waals surface area contributed by atoms with E-state index in [1.165, 1.54) is 12.4 Å². The summed E-state index contributed by atoms with van der Waals surface area (Å²) in [6, 6.07) is -0.374. The minimum absolute atomic E-state index is 0.176. The lowest BCUT2D eigenvalue weighted by Crippen LogP contribution is -2.28. The van der Waals surface area contributed by atoms with E-state index in [1.54, 1.807) is 6.92 Å². The molecule has 0 aliphatic carbocycles. The number of hydrogen-bond acceptors (Lipinski definition) is 7. The van der Waals surface area contributed by atoms with Gasteiger partial charge in [0, 0.05) is 0 Å². The van der Waals surface area contributed by atoms with E-state index in [0.717, 1.165) is 0 Å². The summed E-state index contributed by atoms with van der Waals surface area (Å²) in [5.41, 5.74) is 5.54. The number of anilines is 1. The fourth-order valence-corrected chi connectivity index (χ4v) is 1.14. The third-order valence-corrected chi connectivity index (χ3v) is 2.00. The third kappa shape index (κ3) is 2.51. The maximum atomic E-state index is 11.7. The summed E-state index contributed by atoms with van der Waals surface area (Å²) in [6.45, 7) is 1.73. The van der Waals surface area contributed by atoms with Crippen LogP contribution in [-0.4, -0.2) is 36.5 Å². The quantitative estimate of drug-likeness (QED) is 0.623. The second-order valence-electron chi connectivity index (χ2n) is 3.29. The van der Waals surface area contributed by atoms with E-state index in [0.29, 0.717) is 5.82 Å². The van der Waals surface area contributed by atoms with Gasteiger partial charge in [0.2, 0.25) is 0 Å². The van der Waals surface area contributed by atoms with E-state index in [2.05, 4.69) is 35.9 Å². The summed E-state index contributed by atoms with van der Waals surface area (Å²) in [5.74, 6) is 0.268. The van der Waals surface area contributed by atoms with Gasteiger partial charge in [-0.2, -0.15) is 5.21 Å². The molecule has 1 unspecified atom stereocenters. The second kappa shape index (κ2) is 4.51. The molecule has 4 N–H and O–H groups in total. The number of nitrogens with one attached hydrogen (secondary N) is 2. The Morgan fingerprint density at radius 1 is 1.47 bits per heavy atom. The number of aromatic nitrogens is 6. The van der Waals surface area contributed by atoms with Crippen LogP contribution in [0.2, 0.25) is 0 Å². The Morgan fingerprint density at radius 2 is 2.29 bits per heavy atom. The van der Waals surface area contributed by atoms with Gasteiger partial charge < -0.3 is 11.1 Å². The monoisotopic (exact) mass is 234 g/mol. The molecule has 1 atom stereocenters. The molecular formula is C8H10N8O. The van der Waals surface area contributed by atoms with Crippen molar-refractivity contribution in [3.8, 4) is 0 Å². The van der Waals surface area contributed by atoms with Crippen molar-refractivity contribution < 1.29 is 4.79 Å². The SMILES string of the molecule is CC(NC(=O)c1cnc(N)cn1)c1nn[nH]n1. The average Bonchev–Trinajstić information content (AvgIpc) is 2.83. The van der Waals surface area contributed by atoms with Crippen molar-refractivity contribution in [2.24, 2.45) is 0 Å². The normalized spacial score (nSPS) is 12.1.